The quantitative estimate of drug-likeness (QED) is 0.517. The van der Waals surface area contributed by atoms with Gasteiger partial charge in [-0.1, -0.05) is 0 Å². The van der Waals surface area contributed by atoms with E-state index < -0.39 is 7.12 Å². The Balaban J connectivity index is 2.21. The molecule has 1 atom stereocenters. The van der Waals surface area contributed by atoms with E-state index in [0.717, 1.165) is 25.2 Å². The minimum atomic E-state index is -1.40. The Bertz CT molecular complexity index is 313. The molecular formula is C9H13BN2O2. The molecule has 2 heterocycles. The summed E-state index contributed by atoms with van der Waals surface area (Å²) in [4.78, 5) is 4.24. The molecule has 1 fully saturated rings. The van der Waals surface area contributed by atoms with Gasteiger partial charge in [0.25, 0.3) is 0 Å². The van der Waals surface area contributed by atoms with Gasteiger partial charge >= 0.3 is 7.12 Å². The first-order valence-corrected chi connectivity index (χ1v) is 4.80. The average molecular weight is 192 g/mol. The lowest BCUT2D eigenvalue weighted by Gasteiger charge is -2.08. The lowest BCUT2D eigenvalue weighted by molar-refractivity contribution is 0.425. The molecule has 1 aliphatic rings. The van der Waals surface area contributed by atoms with E-state index in [-0.39, 0.29) is 0 Å². The van der Waals surface area contributed by atoms with E-state index in [9.17, 15) is 0 Å². The Kier molecular flexibility index (Phi) is 2.81. The van der Waals surface area contributed by atoms with Crippen LogP contribution in [-0.2, 0) is 0 Å². The van der Waals surface area contributed by atoms with Crippen molar-refractivity contribution >= 4 is 12.6 Å². The number of nitrogens with zero attached hydrogens (tertiary/aromatic N) is 1. The van der Waals surface area contributed by atoms with E-state index in [0.29, 0.717) is 11.4 Å². The van der Waals surface area contributed by atoms with Gasteiger partial charge in [-0.15, -0.1) is 0 Å². The summed E-state index contributed by atoms with van der Waals surface area (Å²) >= 11 is 0. The van der Waals surface area contributed by atoms with E-state index in [1.807, 2.05) is 0 Å². The second-order valence-electron chi connectivity index (χ2n) is 3.58. The summed E-state index contributed by atoms with van der Waals surface area (Å²) in [6, 6.07) is 3.39. The molecule has 0 spiro atoms. The molecule has 5 heteroatoms. The Morgan fingerprint density at radius 1 is 1.50 bits per heavy atom. The highest BCUT2D eigenvalue weighted by atomic mass is 16.4. The molecule has 2 rings (SSSR count). The molecule has 1 aliphatic heterocycles. The fourth-order valence-electron chi connectivity index (χ4n) is 1.76. The van der Waals surface area contributed by atoms with Crippen molar-refractivity contribution in [2.24, 2.45) is 0 Å². The highest BCUT2D eigenvalue weighted by Gasteiger charge is 2.19. The van der Waals surface area contributed by atoms with Gasteiger partial charge in [-0.2, -0.15) is 0 Å². The molecule has 0 radical (unpaired) electrons. The number of hydrogen-bond donors (Lipinski definition) is 3. The summed E-state index contributed by atoms with van der Waals surface area (Å²) < 4.78 is 0. The molecule has 0 amide bonds. The van der Waals surface area contributed by atoms with Gasteiger partial charge in [0.05, 0.1) is 0 Å². The number of nitrogens with one attached hydrogen (secondary N) is 1. The van der Waals surface area contributed by atoms with Crippen molar-refractivity contribution in [2.75, 3.05) is 13.1 Å². The van der Waals surface area contributed by atoms with Crippen LogP contribution in [-0.4, -0.2) is 35.2 Å². The average Bonchev–Trinajstić information content (AvgIpc) is 2.71. The number of rotatable bonds is 2. The van der Waals surface area contributed by atoms with Crippen LogP contribution in [0, 0.1) is 0 Å². The maximum absolute atomic E-state index is 9.00. The zero-order valence-corrected chi connectivity index (χ0v) is 7.85. The topological polar surface area (TPSA) is 65.4 Å². The Morgan fingerprint density at radius 2 is 2.36 bits per heavy atom. The third-order valence-electron chi connectivity index (χ3n) is 2.58. The molecule has 0 saturated carbocycles. The minimum absolute atomic E-state index is 0.411. The zero-order valence-electron chi connectivity index (χ0n) is 7.85. The van der Waals surface area contributed by atoms with Gasteiger partial charge in [0, 0.05) is 24.4 Å². The van der Waals surface area contributed by atoms with Crippen LogP contribution in [0.2, 0.25) is 0 Å². The van der Waals surface area contributed by atoms with Crippen LogP contribution in [0.25, 0.3) is 0 Å². The maximum Gasteiger partial charge on any atom is 0.488 e. The second kappa shape index (κ2) is 4.08. The molecule has 74 valence electrons. The summed E-state index contributed by atoms with van der Waals surface area (Å²) in [5, 5.41) is 21.3. The largest absolute Gasteiger partial charge is 0.488 e. The van der Waals surface area contributed by atoms with Gasteiger partial charge in [-0.25, -0.2) is 0 Å². The van der Waals surface area contributed by atoms with Crippen LogP contribution >= 0.6 is 0 Å². The monoisotopic (exact) mass is 192 g/mol. The SMILES string of the molecule is OB(O)c1ccnc(C2CCNC2)c1. The highest BCUT2D eigenvalue weighted by Crippen LogP contribution is 2.18. The van der Waals surface area contributed by atoms with Crippen molar-refractivity contribution in [2.45, 2.75) is 12.3 Å². The van der Waals surface area contributed by atoms with Crippen LogP contribution in [0.3, 0.4) is 0 Å². The molecular weight excluding hydrogens is 179 g/mol. The lowest BCUT2D eigenvalue weighted by Crippen LogP contribution is -2.30. The van der Waals surface area contributed by atoms with E-state index in [1.54, 1.807) is 18.3 Å². The van der Waals surface area contributed by atoms with Crippen molar-refractivity contribution in [3.63, 3.8) is 0 Å². The molecule has 1 aromatic heterocycles. The van der Waals surface area contributed by atoms with Crippen molar-refractivity contribution in [3.05, 3.63) is 24.0 Å². The predicted octanol–water partition coefficient (Wildman–Crippen LogP) is -1.16. The zero-order chi connectivity index (χ0) is 9.97. The predicted molar refractivity (Wildman–Crippen MR) is 54.3 cm³/mol. The van der Waals surface area contributed by atoms with Gasteiger partial charge in [0.15, 0.2) is 0 Å². The highest BCUT2D eigenvalue weighted by molar-refractivity contribution is 6.58. The van der Waals surface area contributed by atoms with E-state index in [4.69, 9.17) is 10.0 Å². The number of aromatic nitrogens is 1. The summed E-state index contributed by atoms with van der Waals surface area (Å²) in [7, 11) is -1.40. The van der Waals surface area contributed by atoms with E-state index in [1.165, 1.54) is 0 Å². The third-order valence-corrected chi connectivity index (χ3v) is 2.58. The van der Waals surface area contributed by atoms with Crippen molar-refractivity contribution in [3.8, 4) is 0 Å². The third kappa shape index (κ3) is 1.95. The molecule has 4 nitrogen and oxygen atoms in total. The molecule has 3 N–H and O–H groups in total. The van der Waals surface area contributed by atoms with Crippen LogP contribution in [0.1, 0.15) is 18.0 Å². The first kappa shape index (κ1) is 9.64. The van der Waals surface area contributed by atoms with Crippen LogP contribution in [0.15, 0.2) is 18.3 Å². The summed E-state index contributed by atoms with van der Waals surface area (Å²) in [6.45, 7) is 1.94. The molecule has 14 heavy (non-hydrogen) atoms. The fourth-order valence-corrected chi connectivity index (χ4v) is 1.76. The molecule has 0 aliphatic carbocycles. The number of hydrogen-bond acceptors (Lipinski definition) is 4. The first-order valence-electron chi connectivity index (χ1n) is 4.80. The summed E-state index contributed by atoms with van der Waals surface area (Å²) in [5.41, 5.74) is 1.46. The standard InChI is InChI=1S/C9H13BN2O2/c13-10(14)8-2-4-12-9(5-8)7-1-3-11-6-7/h2,4-5,7,11,13-14H,1,3,6H2. The van der Waals surface area contributed by atoms with Crippen molar-refractivity contribution in [1.29, 1.82) is 0 Å². The van der Waals surface area contributed by atoms with E-state index >= 15 is 0 Å². The normalized spacial score (nSPS) is 21.1. The minimum Gasteiger partial charge on any atom is -0.423 e. The number of pyridine rings is 1. The van der Waals surface area contributed by atoms with Gasteiger partial charge in [-0.3, -0.25) is 4.98 Å². The molecule has 0 aromatic carbocycles. The fraction of sp³-hybridized carbons (Fsp3) is 0.444. The van der Waals surface area contributed by atoms with Crippen LogP contribution in [0.5, 0.6) is 0 Å². The molecule has 1 saturated heterocycles. The smallest absolute Gasteiger partial charge is 0.423 e. The summed E-state index contributed by atoms with van der Waals surface area (Å²) in [5.74, 6) is 0.411. The Morgan fingerprint density at radius 3 is 3.00 bits per heavy atom. The van der Waals surface area contributed by atoms with Gasteiger partial charge in [0.2, 0.25) is 0 Å². The van der Waals surface area contributed by atoms with Crippen molar-refractivity contribution < 1.29 is 10.0 Å². The Labute approximate surface area is 83.1 Å². The molecule has 1 unspecified atom stereocenters. The van der Waals surface area contributed by atoms with Crippen molar-refractivity contribution in [1.82, 2.24) is 10.3 Å². The first-order chi connectivity index (χ1) is 6.77. The lowest BCUT2D eigenvalue weighted by atomic mass is 9.80. The van der Waals surface area contributed by atoms with Gasteiger partial charge in [-0.05, 0) is 30.6 Å². The maximum atomic E-state index is 9.00. The molecule has 0 bridgehead atoms. The molecule has 1 aromatic rings. The van der Waals surface area contributed by atoms with Crippen LogP contribution < -0.4 is 10.8 Å². The second-order valence-corrected chi connectivity index (χ2v) is 3.58. The van der Waals surface area contributed by atoms with Crippen LogP contribution in [0.4, 0.5) is 0 Å². The van der Waals surface area contributed by atoms with Gasteiger partial charge in [0.1, 0.15) is 0 Å². The van der Waals surface area contributed by atoms with Gasteiger partial charge < -0.3 is 15.4 Å². The Hall–Kier alpha value is -0.905. The van der Waals surface area contributed by atoms with E-state index in [2.05, 4.69) is 10.3 Å². The summed E-state index contributed by atoms with van der Waals surface area (Å²) in [6.07, 6.45) is 2.69.